The summed E-state index contributed by atoms with van der Waals surface area (Å²) in [7, 11) is 0. The lowest BCUT2D eigenvalue weighted by molar-refractivity contribution is -0.143. The fourth-order valence-electron chi connectivity index (χ4n) is 4.16. The number of nitrogens with zero attached hydrogens (tertiary/aromatic N) is 5. The maximum absolute atomic E-state index is 12.8. The van der Waals surface area contributed by atoms with Gasteiger partial charge in [-0.1, -0.05) is 0 Å². The van der Waals surface area contributed by atoms with Crippen LogP contribution in [0, 0.1) is 0 Å². The van der Waals surface area contributed by atoms with Crippen molar-refractivity contribution >= 4 is 22.2 Å². The van der Waals surface area contributed by atoms with Crippen LogP contribution >= 0.6 is 11.3 Å². The number of hydrogen-bond donors (Lipinski definition) is 0. The molecule has 27 heavy (non-hydrogen) atoms. The highest BCUT2D eigenvalue weighted by Crippen LogP contribution is 2.21. The van der Waals surface area contributed by atoms with E-state index >= 15 is 0 Å². The predicted octanol–water partition coefficient (Wildman–Crippen LogP) is 1.27. The zero-order valence-electron chi connectivity index (χ0n) is 16.0. The van der Waals surface area contributed by atoms with Gasteiger partial charge in [0.15, 0.2) is 4.96 Å². The fourth-order valence-corrected chi connectivity index (χ4v) is 4.90. The topological polar surface area (TPSA) is 61.2 Å². The van der Waals surface area contributed by atoms with Crippen molar-refractivity contribution in [3.63, 3.8) is 0 Å². The summed E-state index contributed by atoms with van der Waals surface area (Å²) < 4.78 is 1.58. The van der Waals surface area contributed by atoms with E-state index < -0.39 is 0 Å². The Bertz CT molecular complexity index is 868. The summed E-state index contributed by atoms with van der Waals surface area (Å²) in [5.41, 5.74) is 0.812. The Morgan fingerprint density at radius 3 is 2.70 bits per heavy atom. The maximum atomic E-state index is 12.8. The van der Waals surface area contributed by atoms with Crippen molar-refractivity contribution < 1.29 is 4.79 Å². The zero-order chi connectivity index (χ0) is 19.0. The van der Waals surface area contributed by atoms with Gasteiger partial charge >= 0.3 is 0 Å². The van der Waals surface area contributed by atoms with Crippen LogP contribution in [0.25, 0.3) is 4.96 Å². The van der Waals surface area contributed by atoms with Crippen LogP contribution < -0.4 is 5.56 Å². The molecular weight excluding hydrogens is 362 g/mol. The van der Waals surface area contributed by atoms with Gasteiger partial charge in [0.25, 0.3) is 5.56 Å². The van der Waals surface area contributed by atoms with Crippen molar-refractivity contribution in [1.82, 2.24) is 24.1 Å². The third-order valence-corrected chi connectivity index (χ3v) is 6.41. The maximum Gasteiger partial charge on any atom is 0.258 e. The molecule has 146 valence electrons. The van der Waals surface area contributed by atoms with Crippen LogP contribution in [0.1, 0.15) is 32.4 Å². The first-order valence-corrected chi connectivity index (χ1v) is 10.6. The quantitative estimate of drug-likeness (QED) is 0.788. The summed E-state index contributed by atoms with van der Waals surface area (Å²) in [5.74, 6) is 0.294. The molecule has 7 nitrogen and oxygen atoms in total. The average molecular weight is 390 g/mol. The highest BCUT2D eigenvalue weighted by molar-refractivity contribution is 7.15. The molecule has 2 aromatic heterocycles. The molecule has 2 fully saturated rings. The third-order valence-electron chi connectivity index (χ3n) is 5.66. The minimum atomic E-state index is -0.0172. The molecule has 1 amide bonds. The predicted molar refractivity (Wildman–Crippen MR) is 106 cm³/mol. The summed E-state index contributed by atoms with van der Waals surface area (Å²) in [6.45, 7) is 9.35. The molecule has 2 aliphatic heterocycles. The summed E-state index contributed by atoms with van der Waals surface area (Å²) in [6, 6.07) is 1.95. The number of carbonyl (C=O) groups excluding carboxylic acids is 1. The first-order valence-electron chi connectivity index (χ1n) is 9.75. The van der Waals surface area contributed by atoms with Gasteiger partial charge in [0, 0.05) is 63.0 Å². The van der Waals surface area contributed by atoms with Crippen molar-refractivity contribution in [1.29, 1.82) is 0 Å². The molecule has 4 rings (SSSR count). The van der Waals surface area contributed by atoms with Crippen LogP contribution in [0.15, 0.2) is 22.4 Å². The average Bonchev–Trinajstić information content (AvgIpc) is 3.12. The molecule has 0 aliphatic carbocycles. The molecule has 2 aromatic rings. The molecule has 0 unspecified atom stereocenters. The third kappa shape index (κ3) is 3.79. The van der Waals surface area contributed by atoms with E-state index in [-0.39, 0.29) is 17.6 Å². The molecular formula is C19H27N5O2S. The SMILES string of the molecule is CC(C)N1CCC[C@H](N2CCN(Cc3cc(=O)n4ccsc4n3)CC2)C1=O. The normalized spacial score (nSPS) is 22.9. The van der Waals surface area contributed by atoms with Crippen LogP contribution in [0.3, 0.4) is 0 Å². The smallest absolute Gasteiger partial charge is 0.258 e. The number of likely N-dealkylation sites (tertiary alicyclic amines) is 1. The van der Waals surface area contributed by atoms with E-state index in [4.69, 9.17) is 0 Å². The van der Waals surface area contributed by atoms with Gasteiger partial charge < -0.3 is 4.90 Å². The van der Waals surface area contributed by atoms with E-state index in [9.17, 15) is 9.59 Å². The molecule has 0 radical (unpaired) electrons. The molecule has 0 spiro atoms. The minimum Gasteiger partial charge on any atom is -0.339 e. The Labute approximate surface area is 163 Å². The van der Waals surface area contributed by atoms with Crippen molar-refractivity contribution in [2.24, 2.45) is 0 Å². The largest absolute Gasteiger partial charge is 0.339 e. The molecule has 0 N–H and O–H groups in total. The summed E-state index contributed by atoms with van der Waals surface area (Å²) in [6.07, 6.45) is 3.82. The first-order chi connectivity index (χ1) is 13.0. The Morgan fingerprint density at radius 2 is 1.96 bits per heavy atom. The molecule has 1 atom stereocenters. The highest BCUT2D eigenvalue weighted by atomic mass is 32.1. The second-order valence-corrected chi connectivity index (χ2v) is 8.61. The Hall–Kier alpha value is -1.77. The molecule has 0 bridgehead atoms. The second-order valence-electron chi connectivity index (χ2n) is 7.74. The molecule has 0 saturated carbocycles. The van der Waals surface area contributed by atoms with E-state index in [0.717, 1.165) is 56.2 Å². The molecule has 4 heterocycles. The lowest BCUT2D eigenvalue weighted by Gasteiger charge is -2.43. The number of fused-ring (bicyclic) bond motifs is 1. The van der Waals surface area contributed by atoms with E-state index in [1.807, 2.05) is 10.3 Å². The van der Waals surface area contributed by atoms with Crippen LogP contribution in [0.2, 0.25) is 0 Å². The van der Waals surface area contributed by atoms with Gasteiger partial charge in [-0.25, -0.2) is 4.98 Å². The summed E-state index contributed by atoms with van der Waals surface area (Å²) in [4.78, 5) is 37.0. The lowest BCUT2D eigenvalue weighted by atomic mass is 10.0. The van der Waals surface area contributed by atoms with Gasteiger partial charge in [0.1, 0.15) is 0 Å². The Kier molecular flexibility index (Phi) is 5.29. The highest BCUT2D eigenvalue weighted by Gasteiger charge is 2.35. The lowest BCUT2D eigenvalue weighted by Crippen LogP contribution is -2.58. The van der Waals surface area contributed by atoms with Gasteiger partial charge in [0.05, 0.1) is 11.7 Å². The number of hydrogen-bond acceptors (Lipinski definition) is 6. The monoisotopic (exact) mass is 389 g/mol. The fraction of sp³-hybridized carbons (Fsp3) is 0.632. The van der Waals surface area contributed by atoms with Crippen LogP contribution in [-0.4, -0.2) is 74.8 Å². The second kappa shape index (κ2) is 7.69. The van der Waals surface area contributed by atoms with Crippen LogP contribution in [-0.2, 0) is 11.3 Å². The van der Waals surface area contributed by atoms with E-state index in [1.165, 1.54) is 11.3 Å². The molecule has 2 aliphatic rings. The molecule has 8 heteroatoms. The van der Waals surface area contributed by atoms with Crippen molar-refractivity contribution in [3.05, 3.63) is 33.7 Å². The summed E-state index contributed by atoms with van der Waals surface area (Å²) >= 11 is 1.48. The number of piperidine rings is 1. The Morgan fingerprint density at radius 1 is 1.19 bits per heavy atom. The number of amides is 1. The number of piperazine rings is 1. The van der Waals surface area contributed by atoms with Gasteiger partial charge in [-0.2, -0.15) is 0 Å². The number of aromatic nitrogens is 2. The number of thiazole rings is 1. The number of rotatable bonds is 4. The van der Waals surface area contributed by atoms with Crippen molar-refractivity contribution in [3.8, 4) is 0 Å². The van der Waals surface area contributed by atoms with Gasteiger partial charge in [0.2, 0.25) is 5.91 Å². The standard InChI is InChI=1S/C19H27N5O2S/c1-14(2)23-5-3-4-16(18(23)26)22-8-6-21(7-9-22)13-15-12-17(25)24-10-11-27-19(24)20-15/h10-12,14,16H,3-9,13H2,1-2H3/t16-/m0/s1. The Balaban J connectivity index is 1.37. The van der Waals surface area contributed by atoms with E-state index in [1.54, 1.807) is 16.7 Å². The van der Waals surface area contributed by atoms with Gasteiger partial charge in [-0.15, -0.1) is 11.3 Å². The molecule has 2 saturated heterocycles. The summed E-state index contributed by atoms with van der Waals surface area (Å²) in [5, 5.41) is 1.88. The molecule has 0 aromatic carbocycles. The van der Waals surface area contributed by atoms with Gasteiger partial charge in [-0.05, 0) is 26.7 Å². The van der Waals surface area contributed by atoms with Crippen LogP contribution in [0.5, 0.6) is 0 Å². The van der Waals surface area contributed by atoms with Crippen molar-refractivity contribution in [2.45, 2.75) is 45.3 Å². The van der Waals surface area contributed by atoms with Gasteiger partial charge in [-0.3, -0.25) is 23.8 Å². The first kappa shape index (κ1) is 18.6. The van der Waals surface area contributed by atoms with E-state index in [2.05, 4.69) is 28.6 Å². The minimum absolute atomic E-state index is 0.0172. The van der Waals surface area contributed by atoms with E-state index in [0.29, 0.717) is 12.5 Å². The van der Waals surface area contributed by atoms with Crippen LogP contribution in [0.4, 0.5) is 0 Å². The number of carbonyl (C=O) groups is 1. The van der Waals surface area contributed by atoms with Crippen molar-refractivity contribution in [2.75, 3.05) is 32.7 Å². The zero-order valence-corrected chi connectivity index (χ0v) is 16.8.